The summed E-state index contributed by atoms with van der Waals surface area (Å²) in [7, 11) is 0. The van der Waals surface area contributed by atoms with E-state index in [4.69, 9.17) is 11.6 Å². The first kappa shape index (κ1) is 14.3. The van der Waals surface area contributed by atoms with E-state index in [1.54, 1.807) is 12.1 Å². The number of anilines is 1. The van der Waals surface area contributed by atoms with Crippen LogP contribution in [-0.4, -0.2) is 11.5 Å². The number of nitrogens with one attached hydrogen (secondary N) is 1. The fraction of sp³-hybridized carbons (Fsp3) is 0.143. The molecule has 6 heteroatoms. The Balaban J connectivity index is 2.04. The summed E-state index contributed by atoms with van der Waals surface area (Å²) < 4.78 is 13.0. The molecule has 0 radical (unpaired) electrons. The van der Waals surface area contributed by atoms with Crippen LogP contribution in [0.3, 0.4) is 0 Å². The molecule has 0 aromatic heterocycles. The molecule has 2 aromatic rings. The number of hydrogen-bond donors (Lipinski definition) is 1. The summed E-state index contributed by atoms with van der Waals surface area (Å²) in [4.78, 5) is 10.4. The topological polar surface area (TPSA) is 55.2 Å². The first-order valence-corrected chi connectivity index (χ1v) is 6.36. The first-order valence-electron chi connectivity index (χ1n) is 5.98. The summed E-state index contributed by atoms with van der Waals surface area (Å²) in [6, 6.07) is 10.6. The molecule has 0 bridgehead atoms. The van der Waals surface area contributed by atoms with Gasteiger partial charge in [0.15, 0.2) is 0 Å². The highest BCUT2D eigenvalue weighted by molar-refractivity contribution is 6.31. The predicted octanol–water partition coefficient (Wildman–Crippen LogP) is 4.04. The van der Waals surface area contributed by atoms with Crippen molar-refractivity contribution in [1.29, 1.82) is 0 Å². The maximum atomic E-state index is 13.0. The summed E-state index contributed by atoms with van der Waals surface area (Å²) >= 11 is 5.83. The fourth-order valence-corrected chi connectivity index (χ4v) is 2.02. The average Bonchev–Trinajstić information content (AvgIpc) is 2.38. The second-order valence-corrected chi connectivity index (χ2v) is 4.66. The third kappa shape index (κ3) is 3.68. The minimum Gasteiger partial charge on any atom is -0.379 e. The third-order valence-corrected chi connectivity index (χ3v) is 3.01. The number of benzene rings is 2. The van der Waals surface area contributed by atoms with Gasteiger partial charge in [0, 0.05) is 17.6 Å². The van der Waals surface area contributed by atoms with E-state index in [0.29, 0.717) is 23.7 Å². The number of nitrogens with zero attached hydrogens (tertiary/aromatic N) is 1. The van der Waals surface area contributed by atoms with E-state index in [-0.39, 0.29) is 11.5 Å². The molecule has 1 N–H and O–H groups in total. The van der Waals surface area contributed by atoms with E-state index in [9.17, 15) is 14.5 Å². The van der Waals surface area contributed by atoms with Crippen LogP contribution >= 0.6 is 11.6 Å². The fourth-order valence-electron chi connectivity index (χ4n) is 1.84. The number of nitro groups is 1. The molecule has 104 valence electrons. The molecule has 20 heavy (non-hydrogen) atoms. The van der Waals surface area contributed by atoms with Gasteiger partial charge in [-0.25, -0.2) is 4.39 Å². The van der Waals surface area contributed by atoms with Crippen LogP contribution in [-0.2, 0) is 6.42 Å². The van der Waals surface area contributed by atoms with E-state index in [1.165, 1.54) is 30.3 Å². The molecular weight excluding hydrogens is 283 g/mol. The van der Waals surface area contributed by atoms with Crippen LogP contribution in [0.5, 0.6) is 0 Å². The lowest BCUT2D eigenvalue weighted by atomic mass is 10.1. The summed E-state index contributed by atoms with van der Waals surface area (Å²) in [5.74, 6) is -0.295. The molecule has 2 rings (SSSR count). The Morgan fingerprint density at radius 2 is 2.05 bits per heavy atom. The second kappa shape index (κ2) is 6.34. The maximum absolute atomic E-state index is 13.0. The molecule has 0 aliphatic rings. The maximum Gasteiger partial charge on any atom is 0.292 e. The third-order valence-electron chi connectivity index (χ3n) is 2.77. The van der Waals surface area contributed by atoms with Gasteiger partial charge >= 0.3 is 0 Å². The van der Waals surface area contributed by atoms with E-state index >= 15 is 0 Å². The second-order valence-electron chi connectivity index (χ2n) is 4.23. The summed E-state index contributed by atoms with van der Waals surface area (Å²) in [6.07, 6.45) is 0.557. The van der Waals surface area contributed by atoms with Crippen molar-refractivity contribution in [3.05, 3.63) is 69.0 Å². The van der Waals surface area contributed by atoms with Gasteiger partial charge in [-0.15, -0.1) is 0 Å². The normalized spacial score (nSPS) is 10.3. The molecule has 0 spiro atoms. The Labute approximate surface area is 120 Å². The number of nitro benzene ring substituents is 1. The molecule has 0 unspecified atom stereocenters. The van der Waals surface area contributed by atoms with Crippen LogP contribution in [0.1, 0.15) is 5.56 Å². The highest BCUT2D eigenvalue weighted by atomic mass is 35.5. The average molecular weight is 295 g/mol. The molecule has 0 saturated heterocycles. The van der Waals surface area contributed by atoms with E-state index in [0.717, 1.165) is 5.56 Å². The molecule has 4 nitrogen and oxygen atoms in total. The minimum absolute atomic E-state index is 0.0337. The van der Waals surface area contributed by atoms with Crippen LogP contribution < -0.4 is 5.32 Å². The molecule has 0 saturated carbocycles. The molecule has 0 aliphatic heterocycles. The van der Waals surface area contributed by atoms with Crippen LogP contribution in [0.4, 0.5) is 15.8 Å². The number of halogens is 2. The first-order chi connectivity index (χ1) is 9.56. The van der Waals surface area contributed by atoms with Crippen molar-refractivity contribution in [2.75, 3.05) is 11.9 Å². The number of rotatable bonds is 5. The molecule has 0 amide bonds. The largest absolute Gasteiger partial charge is 0.379 e. The van der Waals surface area contributed by atoms with Gasteiger partial charge in [-0.1, -0.05) is 23.7 Å². The molecule has 2 aromatic carbocycles. The molecule has 0 atom stereocenters. The lowest BCUT2D eigenvalue weighted by Gasteiger charge is -2.07. The van der Waals surface area contributed by atoms with Gasteiger partial charge in [0.2, 0.25) is 0 Å². The van der Waals surface area contributed by atoms with Gasteiger partial charge in [-0.2, -0.15) is 0 Å². The van der Waals surface area contributed by atoms with Gasteiger partial charge in [0.25, 0.3) is 5.69 Å². The van der Waals surface area contributed by atoms with Crippen molar-refractivity contribution in [2.24, 2.45) is 0 Å². The van der Waals surface area contributed by atoms with Crippen LogP contribution in [0.2, 0.25) is 5.02 Å². The van der Waals surface area contributed by atoms with Gasteiger partial charge in [0.05, 0.1) is 4.92 Å². The predicted molar refractivity (Wildman–Crippen MR) is 76.7 cm³/mol. The molecule has 0 fully saturated rings. The SMILES string of the molecule is O=[N+]([O-])c1ccc(Cl)cc1NCCc1cccc(F)c1. The lowest BCUT2D eigenvalue weighted by Crippen LogP contribution is -2.07. The van der Waals surface area contributed by atoms with Crippen molar-refractivity contribution in [3.63, 3.8) is 0 Å². The Morgan fingerprint density at radius 1 is 1.25 bits per heavy atom. The summed E-state index contributed by atoms with van der Waals surface area (Å²) in [6.45, 7) is 0.449. The van der Waals surface area contributed by atoms with Crippen molar-refractivity contribution in [1.82, 2.24) is 0 Å². The Kier molecular flexibility index (Phi) is 4.53. The van der Waals surface area contributed by atoms with Crippen molar-refractivity contribution in [3.8, 4) is 0 Å². The smallest absolute Gasteiger partial charge is 0.292 e. The monoisotopic (exact) mass is 294 g/mol. The number of hydrogen-bond acceptors (Lipinski definition) is 3. The highest BCUT2D eigenvalue weighted by Gasteiger charge is 2.13. The zero-order valence-electron chi connectivity index (χ0n) is 10.5. The van der Waals surface area contributed by atoms with Crippen LogP contribution in [0.15, 0.2) is 42.5 Å². The van der Waals surface area contributed by atoms with Gasteiger partial charge in [-0.3, -0.25) is 10.1 Å². The zero-order valence-corrected chi connectivity index (χ0v) is 11.2. The van der Waals surface area contributed by atoms with Crippen molar-refractivity contribution in [2.45, 2.75) is 6.42 Å². The lowest BCUT2D eigenvalue weighted by molar-refractivity contribution is -0.384. The molecular formula is C14H12ClFN2O2. The Morgan fingerprint density at radius 3 is 2.75 bits per heavy atom. The Hall–Kier alpha value is -2.14. The van der Waals surface area contributed by atoms with Crippen LogP contribution in [0.25, 0.3) is 0 Å². The van der Waals surface area contributed by atoms with E-state index in [2.05, 4.69) is 5.32 Å². The zero-order chi connectivity index (χ0) is 14.5. The van der Waals surface area contributed by atoms with E-state index in [1.807, 2.05) is 0 Å². The van der Waals surface area contributed by atoms with Gasteiger partial charge in [-0.05, 0) is 36.2 Å². The molecule has 0 aliphatic carbocycles. The van der Waals surface area contributed by atoms with E-state index < -0.39 is 4.92 Å². The summed E-state index contributed by atoms with van der Waals surface area (Å²) in [5.41, 5.74) is 1.15. The van der Waals surface area contributed by atoms with Crippen LogP contribution in [0, 0.1) is 15.9 Å². The summed E-state index contributed by atoms with van der Waals surface area (Å²) in [5, 5.41) is 14.3. The quantitative estimate of drug-likeness (QED) is 0.669. The molecule has 0 heterocycles. The Bertz CT molecular complexity index is 634. The van der Waals surface area contributed by atoms with Crippen molar-refractivity contribution < 1.29 is 9.31 Å². The minimum atomic E-state index is -0.471. The van der Waals surface area contributed by atoms with Gasteiger partial charge < -0.3 is 5.32 Å². The van der Waals surface area contributed by atoms with Gasteiger partial charge in [0.1, 0.15) is 11.5 Å². The standard InChI is InChI=1S/C14H12ClFN2O2/c15-11-4-5-14(18(19)20)13(9-11)17-7-6-10-2-1-3-12(16)8-10/h1-5,8-9,17H,6-7H2. The highest BCUT2D eigenvalue weighted by Crippen LogP contribution is 2.27. The van der Waals surface area contributed by atoms with Crippen molar-refractivity contribution >= 4 is 23.0 Å².